The van der Waals surface area contributed by atoms with Gasteiger partial charge in [-0.2, -0.15) is 30.7 Å². The van der Waals surface area contributed by atoms with E-state index < -0.39 is 49.0 Å². The molecule has 0 aliphatic rings. The van der Waals surface area contributed by atoms with Crippen LogP contribution >= 0.6 is 0 Å². The molecule has 1 unspecified atom stereocenters. The van der Waals surface area contributed by atoms with E-state index in [2.05, 4.69) is 0 Å². The van der Waals surface area contributed by atoms with Crippen LogP contribution in [0.15, 0.2) is 42.5 Å². The monoisotopic (exact) mass is 641 g/mol. The van der Waals surface area contributed by atoms with E-state index in [0.717, 1.165) is 10.5 Å². The minimum Gasteiger partial charge on any atom is -0.493 e. The van der Waals surface area contributed by atoms with Crippen molar-refractivity contribution in [2.45, 2.75) is 63.7 Å². The summed E-state index contributed by atoms with van der Waals surface area (Å²) in [5.74, 6) is -12.1. The molecule has 1 N–H and O–H groups in total. The maximum absolute atomic E-state index is 13.7. The highest BCUT2D eigenvalue weighted by atomic mass is 19.4. The third-order valence-corrected chi connectivity index (χ3v) is 6.38. The van der Waals surface area contributed by atoms with Gasteiger partial charge in [0.25, 0.3) is 0 Å². The second kappa shape index (κ2) is 15.8. The van der Waals surface area contributed by atoms with Gasteiger partial charge in [0.1, 0.15) is 12.4 Å². The fraction of sp³-hybridized carbons (Fsp3) is 0.517. The van der Waals surface area contributed by atoms with Crippen molar-refractivity contribution in [3.8, 4) is 17.2 Å². The van der Waals surface area contributed by atoms with Crippen LogP contribution in [-0.4, -0.2) is 79.6 Å². The summed E-state index contributed by atoms with van der Waals surface area (Å²) in [6.07, 6.45) is -11.2. The molecule has 8 nitrogen and oxygen atoms in total. The van der Waals surface area contributed by atoms with E-state index in [0.29, 0.717) is 11.3 Å². The minimum atomic E-state index is -6.42. The number of halogens is 7. The van der Waals surface area contributed by atoms with Crippen LogP contribution < -0.4 is 14.2 Å². The van der Waals surface area contributed by atoms with Crippen molar-refractivity contribution in [1.82, 2.24) is 4.90 Å². The van der Waals surface area contributed by atoms with E-state index in [-0.39, 0.29) is 50.6 Å². The van der Waals surface area contributed by atoms with E-state index in [1.807, 2.05) is 0 Å². The molecule has 0 radical (unpaired) electrons. The first kappa shape index (κ1) is 36.4. The zero-order valence-electron chi connectivity index (χ0n) is 24.3. The van der Waals surface area contributed by atoms with Crippen LogP contribution in [0.25, 0.3) is 0 Å². The first-order chi connectivity index (χ1) is 20.5. The predicted molar refractivity (Wildman–Crippen MR) is 144 cm³/mol. The van der Waals surface area contributed by atoms with Crippen molar-refractivity contribution in [3.63, 3.8) is 0 Å². The minimum absolute atomic E-state index is 0.0436. The van der Waals surface area contributed by atoms with Gasteiger partial charge in [-0.3, -0.25) is 0 Å². The zero-order valence-corrected chi connectivity index (χ0v) is 24.3. The third-order valence-electron chi connectivity index (χ3n) is 6.38. The molecule has 2 rings (SSSR count). The molecule has 1 atom stereocenters. The summed E-state index contributed by atoms with van der Waals surface area (Å²) >= 11 is 0. The van der Waals surface area contributed by atoms with Gasteiger partial charge in [-0.25, -0.2) is 9.59 Å². The fourth-order valence-electron chi connectivity index (χ4n) is 3.96. The average Bonchev–Trinajstić information content (AvgIpc) is 2.94. The molecule has 15 heteroatoms. The number of amides is 1. The summed E-state index contributed by atoms with van der Waals surface area (Å²) in [7, 11) is 1.34. The van der Waals surface area contributed by atoms with Crippen molar-refractivity contribution in [2.75, 3.05) is 33.4 Å². The van der Waals surface area contributed by atoms with E-state index in [9.17, 15) is 45.4 Å². The lowest BCUT2D eigenvalue weighted by atomic mass is 10.0. The van der Waals surface area contributed by atoms with E-state index in [1.165, 1.54) is 13.2 Å². The number of rotatable bonds is 17. The second-order valence-electron chi connectivity index (χ2n) is 9.72. The van der Waals surface area contributed by atoms with Gasteiger partial charge in [-0.1, -0.05) is 18.2 Å². The SMILES string of the molecule is CCOC(Cc1ccc(OCCN(CCCCC(F)(F)C(F)(F)C(F)(F)F)C(=O)Oc2cc(C)ccc2OC)cc1)C(=O)O. The van der Waals surface area contributed by atoms with Crippen molar-refractivity contribution in [1.29, 1.82) is 0 Å². The Bertz CT molecular complexity index is 1220. The lowest BCUT2D eigenvalue weighted by Gasteiger charge is -2.28. The Kier molecular flexibility index (Phi) is 13.1. The number of methoxy groups -OCH3 is 1. The molecule has 1 amide bonds. The fourth-order valence-corrected chi connectivity index (χ4v) is 3.96. The molecular weight excluding hydrogens is 607 g/mol. The maximum atomic E-state index is 13.7. The predicted octanol–water partition coefficient (Wildman–Crippen LogP) is 6.92. The molecule has 0 aromatic heterocycles. The molecule has 44 heavy (non-hydrogen) atoms. The Morgan fingerprint density at radius 2 is 1.59 bits per heavy atom. The van der Waals surface area contributed by atoms with Gasteiger partial charge in [0.2, 0.25) is 0 Å². The number of carboxylic acid groups (broad SMARTS) is 1. The molecule has 2 aromatic carbocycles. The summed E-state index contributed by atoms with van der Waals surface area (Å²) < 4.78 is 113. The Balaban J connectivity index is 2.07. The number of hydrogen-bond acceptors (Lipinski definition) is 6. The lowest BCUT2D eigenvalue weighted by molar-refractivity contribution is -0.355. The van der Waals surface area contributed by atoms with Crippen LogP contribution in [0, 0.1) is 6.92 Å². The van der Waals surface area contributed by atoms with Gasteiger partial charge in [0, 0.05) is 26.0 Å². The van der Waals surface area contributed by atoms with Gasteiger partial charge in [-0.15, -0.1) is 0 Å². The third kappa shape index (κ3) is 10.2. The lowest BCUT2D eigenvalue weighted by Crippen LogP contribution is -2.51. The van der Waals surface area contributed by atoms with Crippen LogP contribution in [0.1, 0.15) is 37.3 Å². The van der Waals surface area contributed by atoms with Crippen molar-refractivity contribution >= 4 is 12.1 Å². The number of carboxylic acids is 1. The molecule has 0 heterocycles. The quantitative estimate of drug-likeness (QED) is 0.148. The van der Waals surface area contributed by atoms with Crippen molar-refractivity contribution in [3.05, 3.63) is 53.6 Å². The Morgan fingerprint density at radius 1 is 0.932 bits per heavy atom. The van der Waals surface area contributed by atoms with Crippen LogP contribution in [-0.2, 0) is 16.0 Å². The van der Waals surface area contributed by atoms with Gasteiger partial charge >= 0.3 is 30.1 Å². The normalized spacial score (nSPS) is 12.9. The zero-order chi connectivity index (χ0) is 33.1. The topological polar surface area (TPSA) is 94.5 Å². The number of carbonyl (C=O) groups is 2. The van der Waals surface area contributed by atoms with Crippen LogP contribution in [0.5, 0.6) is 17.2 Å². The van der Waals surface area contributed by atoms with Crippen LogP contribution in [0.4, 0.5) is 35.5 Å². The Morgan fingerprint density at radius 3 is 2.16 bits per heavy atom. The van der Waals surface area contributed by atoms with Crippen molar-refractivity contribution < 1.29 is 64.4 Å². The summed E-state index contributed by atoms with van der Waals surface area (Å²) in [6, 6.07) is 11.1. The summed E-state index contributed by atoms with van der Waals surface area (Å²) in [6.45, 7) is 2.98. The van der Waals surface area contributed by atoms with E-state index in [4.69, 9.17) is 18.9 Å². The number of carbonyl (C=O) groups excluding carboxylic acids is 1. The molecule has 0 saturated carbocycles. The first-order valence-corrected chi connectivity index (χ1v) is 13.5. The molecule has 246 valence electrons. The number of aryl methyl sites for hydroxylation is 1. The number of nitrogens with zero attached hydrogens (tertiary/aromatic N) is 1. The van der Waals surface area contributed by atoms with E-state index >= 15 is 0 Å². The summed E-state index contributed by atoms with van der Waals surface area (Å²) in [5, 5.41) is 9.24. The maximum Gasteiger partial charge on any atom is 0.459 e. The van der Waals surface area contributed by atoms with Gasteiger partial charge in [-0.05, 0) is 62.1 Å². The molecule has 2 aromatic rings. The number of ether oxygens (including phenoxy) is 4. The van der Waals surface area contributed by atoms with Crippen molar-refractivity contribution in [2.24, 2.45) is 0 Å². The highest BCUT2D eigenvalue weighted by molar-refractivity contribution is 5.73. The van der Waals surface area contributed by atoms with Gasteiger partial charge in [0.05, 0.1) is 13.7 Å². The van der Waals surface area contributed by atoms with Crippen LogP contribution in [0.2, 0.25) is 0 Å². The number of alkyl halides is 7. The average molecular weight is 642 g/mol. The summed E-state index contributed by atoms with van der Waals surface area (Å²) in [4.78, 5) is 25.3. The molecule has 0 saturated heterocycles. The molecule has 0 aliphatic heterocycles. The number of aliphatic carboxylic acids is 1. The summed E-state index contributed by atoms with van der Waals surface area (Å²) in [5.41, 5.74) is 1.37. The number of benzene rings is 2. The number of hydrogen-bond donors (Lipinski definition) is 1. The largest absolute Gasteiger partial charge is 0.493 e. The Hall–Kier alpha value is -3.75. The molecular formula is C29H34F7NO7. The van der Waals surface area contributed by atoms with Gasteiger partial charge in [0.15, 0.2) is 17.6 Å². The smallest absolute Gasteiger partial charge is 0.459 e. The standard InChI is InChI=1S/C29H34F7NO7/c1-4-42-24(25(38)39)18-20-8-10-21(11-9-20)43-16-15-37(26(40)44-23-17-19(2)7-12-22(23)41-3)14-6-5-13-27(30,31)28(32,33)29(34,35)36/h7-12,17,24H,4-6,13-16,18H2,1-3H3,(H,38,39). The van der Waals surface area contributed by atoms with Gasteiger partial charge < -0.3 is 29.0 Å². The molecule has 0 aliphatic carbocycles. The molecule has 0 bridgehead atoms. The first-order valence-electron chi connectivity index (χ1n) is 13.5. The Labute approximate surface area is 249 Å². The highest BCUT2D eigenvalue weighted by Gasteiger charge is 2.72. The number of unbranched alkanes of at least 4 members (excludes halogenated alkanes) is 1. The second-order valence-corrected chi connectivity index (χ2v) is 9.72. The van der Waals surface area contributed by atoms with E-state index in [1.54, 1.807) is 50.2 Å². The highest BCUT2D eigenvalue weighted by Crippen LogP contribution is 2.48. The van der Waals surface area contributed by atoms with Crippen LogP contribution in [0.3, 0.4) is 0 Å². The molecule has 0 spiro atoms. The molecule has 0 fully saturated rings.